The third-order valence-corrected chi connectivity index (χ3v) is 8.70. The van der Waals surface area contributed by atoms with Crippen LogP contribution in [0.2, 0.25) is 0 Å². The second kappa shape index (κ2) is 14.9. The van der Waals surface area contributed by atoms with Crippen molar-refractivity contribution >= 4 is 17.5 Å². The van der Waals surface area contributed by atoms with E-state index < -0.39 is 24.3 Å². The van der Waals surface area contributed by atoms with Crippen LogP contribution in [0.5, 0.6) is 0 Å². The van der Waals surface area contributed by atoms with Crippen molar-refractivity contribution in [1.82, 2.24) is 9.80 Å². The molecule has 0 aromatic heterocycles. The standard InChI is InChI=1S/C37H40N4O5/c1-25(38-45)31-17-9-15-29(19-31)23-40-33(21-27-11-5-3-6-12-27)35(42)36(43)34(22-28-13-7-4-8-14-28)41(37(40)44)24-30-16-10-18-32(20-30)26(2)39-46/h3-20,33-36,42-43,45-46H,21-24H2,1-2H3/t33-,34-,35+,36+/m1/s1. The lowest BCUT2D eigenvalue weighted by Gasteiger charge is -2.36. The van der Waals surface area contributed by atoms with Gasteiger partial charge in [-0.25, -0.2) is 4.79 Å². The van der Waals surface area contributed by atoms with Gasteiger partial charge in [0.05, 0.1) is 23.5 Å². The smallest absolute Gasteiger partial charge is 0.321 e. The summed E-state index contributed by atoms with van der Waals surface area (Å²) in [5.41, 5.74) is 5.70. The maximum atomic E-state index is 14.9. The summed E-state index contributed by atoms with van der Waals surface area (Å²) in [6, 6.07) is 32.3. The van der Waals surface area contributed by atoms with Crippen LogP contribution in [0, 0.1) is 0 Å². The van der Waals surface area contributed by atoms with Crippen LogP contribution in [0.3, 0.4) is 0 Å². The van der Waals surface area contributed by atoms with Crippen LogP contribution < -0.4 is 0 Å². The third kappa shape index (κ3) is 7.44. The summed E-state index contributed by atoms with van der Waals surface area (Å²) in [5.74, 6) is 0. The Morgan fingerprint density at radius 1 is 0.587 bits per heavy atom. The molecule has 5 rings (SSSR count). The highest BCUT2D eigenvalue weighted by Gasteiger charge is 2.46. The van der Waals surface area contributed by atoms with Crippen molar-refractivity contribution in [3.63, 3.8) is 0 Å². The number of urea groups is 1. The summed E-state index contributed by atoms with van der Waals surface area (Å²) < 4.78 is 0. The lowest BCUT2D eigenvalue weighted by Crippen LogP contribution is -2.50. The monoisotopic (exact) mass is 620 g/mol. The number of carbonyl (C=O) groups excluding carboxylic acids is 1. The normalized spacial score (nSPS) is 20.9. The highest BCUT2D eigenvalue weighted by Crippen LogP contribution is 2.30. The number of carbonyl (C=O) groups is 1. The van der Waals surface area contributed by atoms with E-state index in [0.29, 0.717) is 35.4 Å². The first-order chi connectivity index (χ1) is 22.3. The maximum absolute atomic E-state index is 14.9. The largest absolute Gasteiger partial charge is 0.411 e. The van der Waals surface area contributed by atoms with Crippen LogP contribution in [0.1, 0.15) is 47.2 Å². The minimum absolute atomic E-state index is 0.150. The zero-order chi connectivity index (χ0) is 32.6. The molecule has 238 valence electrons. The van der Waals surface area contributed by atoms with Crippen molar-refractivity contribution in [2.75, 3.05) is 0 Å². The van der Waals surface area contributed by atoms with Gasteiger partial charge in [0.2, 0.25) is 0 Å². The molecule has 4 aromatic rings. The first-order valence-corrected chi connectivity index (χ1v) is 15.4. The van der Waals surface area contributed by atoms with E-state index >= 15 is 0 Å². The van der Waals surface area contributed by atoms with Gasteiger partial charge in [0, 0.05) is 13.1 Å². The lowest BCUT2D eigenvalue weighted by molar-refractivity contribution is -0.0408. The molecule has 0 aliphatic carbocycles. The molecular weight excluding hydrogens is 580 g/mol. The van der Waals surface area contributed by atoms with Gasteiger partial charge in [-0.2, -0.15) is 0 Å². The van der Waals surface area contributed by atoms with Gasteiger partial charge in [-0.05, 0) is 72.2 Å². The molecule has 0 bridgehead atoms. The van der Waals surface area contributed by atoms with Crippen molar-refractivity contribution in [2.24, 2.45) is 10.3 Å². The van der Waals surface area contributed by atoms with Gasteiger partial charge in [0.15, 0.2) is 0 Å². The molecule has 0 radical (unpaired) electrons. The Morgan fingerprint density at radius 2 is 0.957 bits per heavy atom. The molecule has 4 aromatic carbocycles. The molecule has 46 heavy (non-hydrogen) atoms. The quantitative estimate of drug-likeness (QED) is 0.106. The van der Waals surface area contributed by atoms with Crippen molar-refractivity contribution in [2.45, 2.75) is 64.1 Å². The number of aliphatic hydroxyl groups is 2. The Labute approximate surface area is 269 Å². The average Bonchev–Trinajstić information content (AvgIpc) is 3.15. The summed E-state index contributed by atoms with van der Waals surface area (Å²) in [7, 11) is 0. The van der Waals surface area contributed by atoms with E-state index in [4.69, 9.17) is 0 Å². The van der Waals surface area contributed by atoms with Crippen molar-refractivity contribution in [3.8, 4) is 0 Å². The van der Waals surface area contributed by atoms with Gasteiger partial charge < -0.3 is 30.4 Å². The minimum atomic E-state index is -1.26. The SMILES string of the molecule is CC(=NO)c1cccc(CN2C(=O)N(Cc3cccc(C(C)=NO)c3)[C@H](Cc3ccccc3)[C@H](O)[C@@H](O)[C@H]2Cc2ccccc2)c1. The van der Waals surface area contributed by atoms with Gasteiger partial charge in [0.1, 0.15) is 12.2 Å². The fourth-order valence-corrected chi connectivity index (χ4v) is 6.11. The van der Waals surface area contributed by atoms with E-state index in [1.807, 2.05) is 109 Å². The van der Waals surface area contributed by atoms with Gasteiger partial charge in [-0.15, -0.1) is 0 Å². The molecule has 1 heterocycles. The Balaban J connectivity index is 1.61. The predicted molar refractivity (Wildman–Crippen MR) is 177 cm³/mol. The first-order valence-electron chi connectivity index (χ1n) is 15.4. The van der Waals surface area contributed by atoms with Crippen LogP contribution in [-0.2, 0) is 25.9 Å². The number of benzene rings is 4. The highest BCUT2D eigenvalue weighted by atomic mass is 16.4. The number of hydrogen-bond donors (Lipinski definition) is 4. The molecule has 1 saturated heterocycles. The Hall–Kier alpha value is -4.99. The van der Waals surface area contributed by atoms with Crippen molar-refractivity contribution < 1.29 is 25.4 Å². The van der Waals surface area contributed by atoms with Crippen LogP contribution in [0.15, 0.2) is 120 Å². The Morgan fingerprint density at radius 3 is 1.33 bits per heavy atom. The molecule has 0 saturated carbocycles. The van der Waals surface area contributed by atoms with Crippen molar-refractivity contribution in [1.29, 1.82) is 0 Å². The van der Waals surface area contributed by atoms with Crippen molar-refractivity contribution in [3.05, 3.63) is 143 Å². The van der Waals surface area contributed by atoms with Crippen LogP contribution in [0.4, 0.5) is 4.79 Å². The van der Waals surface area contributed by atoms with Gasteiger partial charge in [-0.3, -0.25) is 0 Å². The number of rotatable bonds is 10. The topological polar surface area (TPSA) is 129 Å². The minimum Gasteiger partial charge on any atom is -0.411 e. The fraction of sp³-hybridized carbons (Fsp3) is 0.270. The zero-order valence-electron chi connectivity index (χ0n) is 26.0. The predicted octanol–water partition coefficient (Wildman–Crippen LogP) is 5.47. The molecule has 4 N–H and O–H groups in total. The molecule has 2 amide bonds. The Bertz CT molecular complexity index is 1550. The molecule has 4 atom stereocenters. The number of hydrogen-bond acceptors (Lipinski definition) is 7. The molecular formula is C37H40N4O5. The third-order valence-electron chi connectivity index (χ3n) is 8.70. The molecule has 9 heteroatoms. The average molecular weight is 621 g/mol. The maximum Gasteiger partial charge on any atom is 0.321 e. The fourth-order valence-electron chi connectivity index (χ4n) is 6.11. The molecule has 0 unspecified atom stereocenters. The van der Waals surface area contributed by atoms with Gasteiger partial charge in [0.25, 0.3) is 0 Å². The van der Waals surface area contributed by atoms with E-state index in [9.17, 15) is 25.4 Å². The van der Waals surface area contributed by atoms with E-state index in [0.717, 1.165) is 22.3 Å². The van der Waals surface area contributed by atoms with Crippen LogP contribution in [-0.4, -0.2) is 72.2 Å². The number of oxime groups is 2. The molecule has 9 nitrogen and oxygen atoms in total. The van der Waals surface area contributed by atoms with E-state index in [1.165, 1.54) is 0 Å². The van der Waals surface area contributed by atoms with Gasteiger partial charge >= 0.3 is 6.03 Å². The number of aliphatic hydroxyl groups excluding tert-OH is 2. The first kappa shape index (κ1) is 32.4. The second-order valence-electron chi connectivity index (χ2n) is 11.8. The van der Waals surface area contributed by atoms with Crippen LogP contribution in [0.25, 0.3) is 0 Å². The lowest BCUT2D eigenvalue weighted by atomic mass is 9.90. The number of amides is 2. The highest BCUT2D eigenvalue weighted by molar-refractivity contribution is 5.98. The number of nitrogens with zero attached hydrogens (tertiary/aromatic N) is 4. The zero-order valence-corrected chi connectivity index (χ0v) is 26.0. The molecule has 1 aliphatic rings. The summed E-state index contributed by atoms with van der Waals surface area (Å²) in [5, 5.41) is 49.3. The summed E-state index contributed by atoms with van der Waals surface area (Å²) >= 11 is 0. The molecule has 0 spiro atoms. The molecule has 1 aliphatic heterocycles. The second-order valence-corrected chi connectivity index (χ2v) is 11.8. The van der Waals surface area contributed by atoms with E-state index in [2.05, 4.69) is 10.3 Å². The Kier molecular flexibility index (Phi) is 10.5. The van der Waals surface area contributed by atoms with E-state index in [-0.39, 0.29) is 19.1 Å². The van der Waals surface area contributed by atoms with Crippen LogP contribution >= 0.6 is 0 Å². The summed E-state index contributed by atoms with van der Waals surface area (Å²) in [4.78, 5) is 18.2. The van der Waals surface area contributed by atoms with E-state index in [1.54, 1.807) is 23.6 Å². The summed E-state index contributed by atoms with van der Waals surface area (Å²) in [6.07, 6.45) is -1.87. The molecule has 1 fully saturated rings. The van der Waals surface area contributed by atoms with Gasteiger partial charge in [-0.1, -0.05) is 107 Å². The summed E-state index contributed by atoms with van der Waals surface area (Å²) in [6.45, 7) is 3.69.